The molecule has 0 rings (SSSR count). The van der Waals surface area contributed by atoms with E-state index in [0.717, 1.165) is 6.42 Å². The van der Waals surface area contributed by atoms with Crippen LogP contribution in [0, 0.1) is 18.3 Å². The van der Waals surface area contributed by atoms with E-state index in [-0.39, 0.29) is 11.8 Å². The molecule has 0 bridgehead atoms. The number of unbranched alkanes of at least 4 members (excludes halogenated alkanes) is 1. The maximum absolute atomic E-state index is 12.8. The van der Waals surface area contributed by atoms with Crippen LogP contribution < -0.4 is 16.0 Å². The summed E-state index contributed by atoms with van der Waals surface area (Å²) in [6, 6.07) is 0. The Labute approximate surface area is 278 Å². The predicted molar refractivity (Wildman–Crippen MR) is 190 cm³/mol. The summed E-state index contributed by atoms with van der Waals surface area (Å²) in [4.78, 5) is 41.2. The molecule has 0 aliphatic carbocycles. The Kier molecular flexibility index (Phi) is 42.8. The first kappa shape index (κ1) is 52.1. The second kappa shape index (κ2) is 37.8. The molecular weight excluding hydrogens is 595 g/mol. The quantitative estimate of drug-likeness (QED) is 0.0880. The van der Waals surface area contributed by atoms with Crippen molar-refractivity contribution < 1.29 is 27.6 Å². The van der Waals surface area contributed by atoms with Crippen LogP contribution in [0.3, 0.4) is 0 Å². The smallest absolute Gasteiger partial charge is 0.356 e. The number of terminal acetylenes is 1. The number of rotatable bonds is 16. The highest BCUT2D eigenvalue weighted by Crippen LogP contribution is 2.28. The molecule has 0 aromatic heterocycles. The van der Waals surface area contributed by atoms with Gasteiger partial charge in [0.15, 0.2) is 0 Å². The van der Waals surface area contributed by atoms with Crippen LogP contribution in [0.4, 0.5) is 13.2 Å². The van der Waals surface area contributed by atoms with E-state index in [0.29, 0.717) is 57.5 Å². The van der Waals surface area contributed by atoms with Crippen molar-refractivity contribution in [1.82, 2.24) is 16.0 Å². The number of amides is 3. The van der Waals surface area contributed by atoms with Gasteiger partial charge in [-0.05, 0) is 58.3 Å². The molecule has 3 amide bonds. The molecule has 8 nitrogen and oxygen atoms in total. The normalized spacial score (nSPS) is 11.5. The summed E-state index contributed by atoms with van der Waals surface area (Å²) in [5.41, 5.74) is -1.01. The number of halogens is 3. The van der Waals surface area contributed by atoms with Crippen molar-refractivity contribution in [2.24, 2.45) is 15.9 Å². The van der Waals surface area contributed by atoms with Crippen molar-refractivity contribution in [1.29, 1.82) is 0 Å². The van der Waals surface area contributed by atoms with E-state index < -0.39 is 17.6 Å². The molecule has 0 aliphatic rings. The van der Waals surface area contributed by atoms with Gasteiger partial charge >= 0.3 is 12.1 Å². The number of alkyl halides is 3. The number of carbonyl (C=O) groups is 3. The fourth-order valence-electron chi connectivity index (χ4n) is 3.33. The summed E-state index contributed by atoms with van der Waals surface area (Å²) in [5.74, 6) is 0.493. The van der Waals surface area contributed by atoms with Gasteiger partial charge in [-0.1, -0.05) is 79.4 Å². The molecular formula is C35H64F3N5O3. The third-order valence-corrected chi connectivity index (χ3v) is 5.66. The maximum atomic E-state index is 12.8. The largest absolute Gasteiger partial charge is 0.471 e. The van der Waals surface area contributed by atoms with Gasteiger partial charge in [0.2, 0.25) is 11.8 Å². The summed E-state index contributed by atoms with van der Waals surface area (Å²) in [6.45, 7) is 21.5. The summed E-state index contributed by atoms with van der Waals surface area (Å²) in [6.07, 6.45) is 15.0. The van der Waals surface area contributed by atoms with Gasteiger partial charge in [-0.15, -0.1) is 6.42 Å². The zero-order chi connectivity index (χ0) is 36.9. The van der Waals surface area contributed by atoms with Crippen molar-refractivity contribution in [2.75, 3.05) is 13.1 Å². The summed E-state index contributed by atoms with van der Waals surface area (Å²) in [7, 11) is 0. The van der Waals surface area contributed by atoms with Crippen LogP contribution in [0.15, 0.2) is 34.5 Å². The van der Waals surface area contributed by atoms with Crippen LogP contribution in [0.5, 0.6) is 0 Å². The Morgan fingerprint density at radius 2 is 1.26 bits per heavy atom. The molecule has 0 saturated heterocycles. The van der Waals surface area contributed by atoms with Gasteiger partial charge in [0.05, 0.1) is 6.21 Å². The summed E-state index contributed by atoms with van der Waals surface area (Å²) >= 11 is 0. The Hall–Kier alpha value is -3.42. The molecule has 268 valence electrons. The third kappa shape index (κ3) is 40.6. The zero-order valence-electron chi connectivity index (χ0n) is 30.4. The molecule has 46 heavy (non-hydrogen) atoms. The Morgan fingerprint density at radius 1 is 0.826 bits per heavy atom. The number of hydrogen-bond acceptors (Lipinski definition) is 5. The SMILES string of the molecule is C#CC=N/C=C\C.C/C=C\N=CC(C)CC.CC.CC.CCCCC(CCCNC(C)=O)(CCCNC(C)=O)NC(=O)C(F)(F)F. The highest BCUT2D eigenvalue weighted by Gasteiger charge is 2.43. The lowest BCUT2D eigenvalue weighted by atomic mass is 9.83. The van der Waals surface area contributed by atoms with E-state index in [1.807, 2.05) is 73.0 Å². The van der Waals surface area contributed by atoms with Gasteiger partial charge in [-0.3, -0.25) is 24.4 Å². The molecule has 3 N–H and O–H groups in total. The van der Waals surface area contributed by atoms with Gasteiger partial charge in [0.25, 0.3) is 0 Å². The molecule has 1 unspecified atom stereocenters. The number of aliphatic imine (C=N–C) groups is 2. The van der Waals surface area contributed by atoms with Gasteiger partial charge in [-0.25, -0.2) is 0 Å². The first-order valence-electron chi connectivity index (χ1n) is 16.4. The molecule has 0 aromatic rings. The summed E-state index contributed by atoms with van der Waals surface area (Å²) in [5, 5.41) is 7.41. The van der Waals surface area contributed by atoms with E-state index in [4.69, 9.17) is 6.42 Å². The molecule has 0 fully saturated rings. The van der Waals surface area contributed by atoms with Crippen molar-refractivity contribution in [3.8, 4) is 12.3 Å². The fourth-order valence-corrected chi connectivity index (χ4v) is 3.33. The highest BCUT2D eigenvalue weighted by molar-refractivity contribution is 5.82. The van der Waals surface area contributed by atoms with Crippen molar-refractivity contribution in [2.45, 2.75) is 139 Å². The molecule has 0 spiro atoms. The molecule has 11 heteroatoms. The third-order valence-electron chi connectivity index (χ3n) is 5.66. The van der Waals surface area contributed by atoms with Crippen LogP contribution in [-0.4, -0.2) is 55.0 Å². The molecule has 0 radical (unpaired) electrons. The van der Waals surface area contributed by atoms with Crippen molar-refractivity contribution >= 4 is 30.2 Å². The average Bonchev–Trinajstić information content (AvgIpc) is 3.02. The second-order valence-corrected chi connectivity index (χ2v) is 9.60. The van der Waals surface area contributed by atoms with Crippen molar-refractivity contribution in [3.63, 3.8) is 0 Å². The first-order chi connectivity index (χ1) is 21.7. The number of nitrogens with one attached hydrogen (secondary N) is 3. The van der Waals surface area contributed by atoms with Crippen LogP contribution >= 0.6 is 0 Å². The average molecular weight is 660 g/mol. The van der Waals surface area contributed by atoms with Crippen LogP contribution in [0.2, 0.25) is 0 Å². The van der Waals surface area contributed by atoms with Crippen LogP contribution in [0.25, 0.3) is 0 Å². The lowest BCUT2D eigenvalue weighted by Crippen LogP contribution is -2.53. The lowest BCUT2D eigenvalue weighted by molar-refractivity contribution is -0.176. The molecule has 0 aromatic carbocycles. The van der Waals surface area contributed by atoms with Crippen LogP contribution in [-0.2, 0) is 14.4 Å². The van der Waals surface area contributed by atoms with Crippen LogP contribution in [0.1, 0.15) is 128 Å². The Bertz CT molecular complexity index is 871. The van der Waals surface area contributed by atoms with E-state index >= 15 is 0 Å². The van der Waals surface area contributed by atoms with E-state index in [1.54, 1.807) is 6.20 Å². The first-order valence-corrected chi connectivity index (χ1v) is 16.4. The molecule has 0 saturated carbocycles. The van der Waals surface area contributed by atoms with Gasteiger partial charge in [-0.2, -0.15) is 13.2 Å². The number of hydrogen-bond donors (Lipinski definition) is 3. The standard InChI is InChI=1S/C17H30F3N3O3.C8H15N.C6H7N.2C2H6/c1-4-5-8-16(9-6-11-21-13(2)24,10-7-12-22-14(3)25)23-15(26)17(18,19)20;1-4-6-9-7-8(3)5-2;1-3-5-7-6-4-2;2*1-2/h4-12H2,1-3H3,(H,21,24)(H,22,25)(H,23,26);4,6-8H,5H2,1-3H3;1,4-6H,2H3;2*1-2H3/b;6-4-,9-7?;6-4-,7-5?;;. The van der Waals surface area contributed by atoms with Gasteiger partial charge in [0.1, 0.15) is 0 Å². The molecule has 0 aliphatic heterocycles. The number of allylic oxidation sites excluding steroid dienone is 2. The Balaban J connectivity index is -0.000000228. The van der Waals surface area contributed by atoms with Gasteiger partial charge < -0.3 is 16.0 Å². The number of nitrogens with zero attached hydrogens (tertiary/aromatic N) is 2. The minimum atomic E-state index is -4.95. The second-order valence-electron chi connectivity index (χ2n) is 9.60. The topological polar surface area (TPSA) is 112 Å². The lowest BCUT2D eigenvalue weighted by Gasteiger charge is -2.36. The van der Waals surface area contributed by atoms with Crippen molar-refractivity contribution in [3.05, 3.63) is 24.6 Å². The minimum absolute atomic E-state index is 0.214. The fraction of sp³-hybridized carbons (Fsp3) is 0.686. The molecule has 0 heterocycles. The number of carbonyl (C=O) groups excluding carboxylic acids is 3. The maximum Gasteiger partial charge on any atom is 0.471 e. The summed E-state index contributed by atoms with van der Waals surface area (Å²) < 4.78 is 38.3. The van der Waals surface area contributed by atoms with E-state index in [1.165, 1.54) is 26.5 Å². The van der Waals surface area contributed by atoms with E-state index in [2.05, 4.69) is 45.7 Å². The molecule has 1 atom stereocenters. The zero-order valence-corrected chi connectivity index (χ0v) is 30.4. The highest BCUT2D eigenvalue weighted by atomic mass is 19.4. The predicted octanol–water partition coefficient (Wildman–Crippen LogP) is 8.34. The monoisotopic (exact) mass is 659 g/mol. The van der Waals surface area contributed by atoms with Gasteiger partial charge in [0, 0.05) is 51.1 Å². The minimum Gasteiger partial charge on any atom is -0.356 e. The van der Waals surface area contributed by atoms with E-state index in [9.17, 15) is 27.6 Å². The Morgan fingerprint density at radius 3 is 1.61 bits per heavy atom.